The maximum atomic E-state index is 6.16. The van der Waals surface area contributed by atoms with Crippen LogP contribution < -0.4 is 5.73 Å². The molecule has 1 fully saturated rings. The molecule has 0 aromatic carbocycles. The zero-order chi connectivity index (χ0) is 14.8. The molecule has 2 heterocycles. The fraction of sp³-hybridized carbons (Fsp3) is 0.800. The third-order valence-electron chi connectivity index (χ3n) is 4.84. The summed E-state index contributed by atoms with van der Waals surface area (Å²) >= 11 is 0. The summed E-state index contributed by atoms with van der Waals surface area (Å²) in [5.74, 6) is 0. The summed E-state index contributed by atoms with van der Waals surface area (Å²) in [7, 11) is 4.12. The Balaban J connectivity index is 2.13. The van der Waals surface area contributed by atoms with Gasteiger partial charge in [-0.15, -0.1) is 0 Å². The standard InChI is InChI=1S/C15H28N4O/c1-5-14(2)11-15(12-16,6-7-20-14)18(3)9-13-8-17-19(4)10-13/h8,10H,5-7,9,11-12,16H2,1-4H3. The number of likely N-dealkylation sites (N-methyl/N-ethyl adjacent to an activating group) is 1. The lowest BCUT2D eigenvalue weighted by Gasteiger charge is -2.50. The minimum Gasteiger partial charge on any atom is -0.375 e. The second-order valence-corrected chi connectivity index (χ2v) is 6.39. The van der Waals surface area contributed by atoms with E-state index in [0.717, 1.165) is 32.4 Å². The lowest BCUT2D eigenvalue weighted by molar-refractivity contribution is -0.126. The fourth-order valence-corrected chi connectivity index (χ4v) is 3.20. The molecular weight excluding hydrogens is 252 g/mol. The number of rotatable bonds is 5. The third-order valence-corrected chi connectivity index (χ3v) is 4.84. The highest BCUT2D eigenvalue weighted by Crippen LogP contribution is 2.37. The average Bonchev–Trinajstić information content (AvgIpc) is 2.84. The van der Waals surface area contributed by atoms with E-state index >= 15 is 0 Å². The van der Waals surface area contributed by atoms with Crippen molar-refractivity contribution >= 4 is 0 Å². The summed E-state index contributed by atoms with van der Waals surface area (Å²) in [6.45, 7) is 6.73. The average molecular weight is 280 g/mol. The van der Waals surface area contributed by atoms with E-state index in [2.05, 4.69) is 37.1 Å². The van der Waals surface area contributed by atoms with Crippen molar-refractivity contribution < 1.29 is 4.74 Å². The molecule has 0 radical (unpaired) electrons. The van der Waals surface area contributed by atoms with Crippen LogP contribution in [0.1, 0.15) is 38.7 Å². The molecule has 1 saturated heterocycles. The highest BCUT2D eigenvalue weighted by atomic mass is 16.5. The van der Waals surface area contributed by atoms with Crippen molar-refractivity contribution in [2.24, 2.45) is 12.8 Å². The van der Waals surface area contributed by atoms with E-state index < -0.39 is 0 Å². The second-order valence-electron chi connectivity index (χ2n) is 6.39. The van der Waals surface area contributed by atoms with Gasteiger partial charge in [0.25, 0.3) is 0 Å². The molecule has 5 heteroatoms. The molecule has 5 nitrogen and oxygen atoms in total. The molecule has 1 aromatic rings. The van der Waals surface area contributed by atoms with Crippen molar-refractivity contribution in [2.45, 2.75) is 50.8 Å². The van der Waals surface area contributed by atoms with E-state index in [1.54, 1.807) is 0 Å². The van der Waals surface area contributed by atoms with Gasteiger partial charge in [-0.3, -0.25) is 9.58 Å². The van der Waals surface area contributed by atoms with Crippen LogP contribution in [0.5, 0.6) is 0 Å². The first-order chi connectivity index (χ1) is 9.43. The number of aromatic nitrogens is 2. The molecule has 20 heavy (non-hydrogen) atoms. The Bertz CT molecular complexity index is 447. The number of aryl methyl sites for hydroxylation is 1. The van der Waals surface area contributed by atoms with Gasteiger partial charge in [-0.05, 0) is 33.2 Å². The topological polar surface area (TPSA) is 56.3 Å². The predicted molar refractivity (Wildman–Crippen MR) is 80.3 cm³/mol. The monoisotopic (exact) mass is 280 g/mol. The summed E-state index contributed by atoms with van der Waals surface area (Å²) < 4.78 is 7.82. The van der Waals surface area contributed by atoms with Gasteiger partial charge < -0.3 is 10.5 Å². The van der Waals surface area contributed by atoms with Crippen LogP contribution in [0, 0.1) is 0 Å². The molecule has 2 rings (SSSR count). The van der Waals surface area contributed by atoms with Crippen molar-refractivity contribution in [3.8, 4) is 0 Å². The summed E-state index contributed by atoms with van der Waals surface area (Å²) in [5, 5.41) is 4.24. The molecule has 0 bridgehead atoms. The smallest absolute Gasteiger partial charge is 0.0670 e. The number of hydrogen-bond donors (Lipinski definition) is 1. The van der Waals surface area contributed by atoms with Crippen LogP contribution in [0.3, 0.4) is 0 Å². The van der Waals surface area contributed by atoms with Crippen molar-refractivity contribution in [3.05, 3.63) is 18.0 Å². The Hall–Kier alpha value is -0.910. The van der Waals surface area contributed by atoms with E-state index in [1.165, 1.54) is 5.56 Å². The number of ether oxygens (including phenoxy) is 1. The van der Waals surface area contributed by atoms with Crippen LogP contribution in [0.2, 0.25) is 0 Å². The molecule has 2 unspecified atom stereocenters. The first-order valence-corrected chi connectivity index (χ1v) is 7.46. The van der Waals surface area contributed by atoms with Crippen molar-refractivity contribution in [1.29, 1.82) is 0 Å². The van der Waals surface area contributed by atoms with E-state index in [4.69, 9.17) is 10.5 Å². The molecule has 114 valence electrons. The Labute approximate surface area is 122 Å². The van der Waals surface area contributed by atoms with Gasteiger partial charge in [-0.2, -0.15) is 5.10 Å². The lowest BCUT2D eigenvalue weighted by Crippen LogP contribution is -2.59. The molecule has 2 atom stereocenters. The summed E-state index contributed by atoms with van der Waals surface area (Å²) in [5.41, 5.74) is 7.36. The van der Waals surface area contributed by atoms with Gasteiger partial charge in [0.05, 0.1) is 11.8 Å². The Morgan fingerprint density at radius 2 is 2.30 bits per heavy atom. The van der Waals surface area contributed by atoms with Crippen LogP contribution in [0.25, 0.3) is 0 Å². The van der Waals surface area contributed by atoms with E-state index in [9.17, 15) is 0 Å². The van der Waals surface area contributed by atoms with E-state index in [-0.39, 0.29) is 11.1 Å². The zero-order valence-electron chi connectivity index (χ0n) is 13.2. The Kier molecular flexibility index (Phi) is 4.52. The van der Waals surface area contributed by atoms with Gasteiger partial charge >= 0.3 is 0 Å². The van der Waals surface area contributed by atoms with Gasteiger partial charge in [0.2, 0.25) is 0 Å². The first kappa shape index (κ1) is 15.5. The maximum Gasteiger partial charge on any atom is 0.0670 e. The van der Waals surface area contributed by atoms with E-state index in [0.29, 0.717) is 6.54 Å². The van der Waals surface area contributed by atoms with Gasteiger partial charge in [-0.25, -0.2) is 0 Å². The fourth-order valence-electron chi connectivity index (χ4n) is 3.20. The Morgan fingerprint density at radius 1 is 1.55 bits per heavy atom. The maximum absolute atomic E-state index is 6.16. The number of hydrogen-bond acceptors (Lipinski definition) is 4. The molecule has 1 aromatic heterocycles. The van der Waals surface area contributed by atoms with Gasteiger partial charge in [0.15, 0.2) is 0 Å². The SMILES string of the molecule is CCC1(C)CC(CN)(N(C)Cc2cnn(C)c2)CCO1. The quantitative estimate of drug-likeness (QED) is 0.888. The third kappa shape index (κ3) is 3.05. The molecule has 1 aliphatic rings. The van der Waals surface area contributed by atoms with Gasteiger partial charge in [0.1, 0.15) is 0 Å². The molecule has 0 aliphatic carbocycles. The number of nitrogens with zero attached hydrogens (tertiary/aromatic N) is 3. The van der Waals surface area contributed by atoms with Crippen molar-refractivity contribution in [2.75, 3.05) is 20.2 Å². The van der Waals surface area contributed by atoms with Gasteiger partial charge in [-0.1, -0.05) is 6.92 Å². The van der Waals surface area contributed by atoms with Gasteiger partial charge in [0, 0.05) is 44.0 Å². The Morgan fingerprint density at radius 3 is 2.85 bits per heavy atom. The summed E-state index contributed by atoms with van der Waals surface area (Å²) in [6.07, 6.45) is 7.01. The second kappa shape index (κ2) is 5.84. The summed E-state index contributed by atoms with van der Waals surface area (Å²) in [6, 6.07) is 0. The normalized spacial score (nSPS) is 30.9. The molecule has 2 N–H and O–H groups in total. The molecular formula is C15H28N4O. The first-order valence-electron chi connectivity index (χ1n) is 7.46. The van der Waals surface area contributed by atoms with Crippen molar-refractivity contribution in [1.82, 2.24) is 14.7 Å². The minimum absolute atomic E-state index is 0.0266. The van der Waals surface area contributed by atoms with Crippen LogP contribution in [0.4, 0.5) is 0 Å². The molecule has 0 saturated carbocycles. The molecule has 1 aliphatic heterocycles. The van der Waals surface area contributed by atoms with Crippen LogP contribution in [0.15, 0.2) is 12.4 Å². The minimum atomic E-state index is -0.0547. The van der Waals surface area contributed by atoms with Crippen LogP contribution in [-0.4, -0.2) is 46.0 Å². The molecule has 0 amide bonds. The zero-order valence-corrected chi connectivity index (χ0v) is 13.2. The lowest BCUT2D eigenvalue weighted by atomic mass is 9.78. The predicted octanol–water partition coefficient (Wildman–Crippen LogP) is 1.53. The van der Waals surface area contributed by atoms with Crippen LogP contribution in [-0.2, 0) is 18.3 Å². The summed E-state index contributed by atoms with van der Waals surface area (Å²) in [4.78, 5) is 2.39. The van der Waals surface area contributed by atoms with Crippen LogP contribution >= 0.6 is 0 Å². The van der Waals surface area contributed by atoms with Crippen molar-refractivity contribution in [3.63, 3.8) is 0 Å². The largest absolute Gasteiger partial charge is 0.375 e. The van der Waals surface area contributed by atoms with E-state index in [1.807, 2.05) is 17.9 Å². The number of nitrogens with two attached hydrogens (primary N) is 1. The highest BCUT2D eigenvalue weighted by molar-refractivity contribution is 5.07. The molecule has 0 spiro atoms. The highest BCUT2D eigenvalue weighted by Gasteiger charge is 2.44.